The molecule has 0 bridgehead atoms. The number of ether oxygens (including phenoxy) is 1. The maximum atomic E-state index is 14.8. The molecule has 2 aromatic heterocycles. The van der Waals surface area contributed by atoms with Crippen LogP contribution in [0.4, 0.5) is 4.39 Å². The second kappa shape index (κ2) is 7.22. The highest BCUT2D eigenvalue weighted by Crippen LogP contribution is 2.45. The first-order valence-electron chi connectivity index (χ1n) is 11.6. The predicted molar refractivity (Wildman–Crippen MR) is 123 cm³/mol. The molecular weight excluding hydrogens is 437 g/mol. The number of benzene rings is 1. The molecule has 174 valence electrons. The molecule has 8 heteroatoms. The monoisotopic (exact) mass is 461 g/mol. The van der Waals surface area contributed by atoms with Crippen molar-refractivity contribution >= 4 is 22.8 Å². The summed E-state index contributed by atoms with van der Waals surface area (Å²) in [5.74, 6) is -1.28. The number of nitrogens with zero attached hydrogens (tertiary/aromatic N) is 2. The van der Waals surface area contributed by atoms with Gasteiger partial charge in [0.05, 0.1) is 41.0 Å². The van der Waals surface area contributed by atoms with Crippen LogP contribution in [0.2, 0.25) is 0 Å². The third kappa shape index (κ3) is 2.74. The molecule has 0 spiro atoms. The van der Waals surface area contributed by atoms with E-state index in [1.165, 1.54) is 13.0 Å². The van der Waals surface area contributed by atoms with Gasteiger partial charge in [0.25, 0.3) is 5.56 Å². The zero-order chi connectivity index (χ0) is 23.9. The lowest BCUT2D eigenvalue weighted by Crippen LogP contribution is -2.32. The van der Waals surface area contributed by atoms with Crippen molar-refractivity contribution in [3.05, 3.63) is 61.7 Å². The second-order valence-electron chi connectivity index (χ2n) is 9.42. The van der Waals surface area contributed by atoms with E-state index in [9.17, 15) is 18.8 Å². The minimum atomic E-state index is -0.496. The number of hydrogen-bond donors (Lipinski definition) is 1. The van der Waals surface area contributed by atoms with Crippen molar-refractivity contribution in [3.8, 4) is 11.4 Å². The zero-order valence-corrected chi connectivity index (χ0v) is 19.3. The van der Waals surface area contributed by atoms with Crippen LogP contribution in [0.3, 0.4) is 0 Å². The molecule has 4 heterocycles. The van der Waals surface area contributed by atoms with E-state index < -0.39 is 5.92 Å². The molecule has 1 amide bonds. The molecule has 2 atom stereocenters. The fourth-order valence-corrected chi connectivity index (χ4v) is 5.97. The molecule has 0 saturated carbocycles. The highest BCUT2D eigenvalue weighted by atomic mass is 19.1. The number of rotatable bonds is 2. The van der Waals surface area contributed by atoms with Gasteiger partial charge in [0.2, 0.25) is 5.91 Å². The third-order valence-electron chi connectivity index (χ3n) is 7.57. The zero-order valence-electron chi connectivity index (χ0n) is 19.3. The SMILES string of the molecule is CCC1C(=O)OCc2c1cc1n(c2=O)Cc2c-1nc1cc(F)c(C)c3c1c2C(NC(C)=O)CC3. The summed E-state index contributed by atoms with van der Waals surface area (Å²) < 4.78 is 21.8. The number of nitrogens with one attached hydrogen (secondary N) is 1. The molecule has 1 N–H and O–H groups in total. The molecule has 34 heavy (non-hydrogen) atoms. The molecule has 1 aromatic carbocycles. The standard InChI is InChI=1S/C26H24FN3O4/c1-4-13-15-7-21-24-16(9-30(21)25(32)17(15)10-34-26(13)33)23-19(28-12(3)31)6-5-14-11(2)18(27)8-20(29-24)22(14)23/h7-8,13,19H,4-6,9-10H2,1-3H3,(H,28,31). The van der Waals surface area contributed by atoms with E-state index in [0.29, 0.717) is 59.4 Å². The Morgan fingerprint density at radius 1 is 1.26 bits per heavy atom. The third-order valence-corrected chi connectivity index (χ3v) is 7.57. The fourth-order valence-electron chi connectivity index (χ4n) is 5.97. The summed E-state index contributed by atoms with van der Waals surface area (Å²) in [4.78, 5) is 42.7. The summed E-state index contributed by atoms with van der Waals surface area (Å²) in [6.45, 7) is 5.42. The van der Waals surface area contributed by atoms with Crippen molar-refractivity contribution in [2.75, 3.05) is 0 Å². The van der Waals surface area contributed by atoms with Crippen LogP contribution in [0.15, 0.2) is 16.9 Å². The van der Waals surface area contributed by atoms with Gasteiger partial charge in [-0.2, -0.15) is 0 Å². The van der Waals surface area contributed by atoms with Crippen LogP contribution in [-0.2, 0) is 33.9 Å². The quantitative estimate of drug-likeness (QED) is 0.461. The molecule has 0 fully saturated rings. The van der Waals surface area contributed by atoms with E-state index >= 15 is 0 Å². The lowest BCUT2D eigenvalue weighted by Gasteiger charge is -2.29. The van der Waals surface area contributed by atoms with Gasteiger partial charge in [-0.3, -0.25) is 14.4 Å². The molecular formula is C26H24FN3O4. The number of aryl methyl sites for hydroxylation is 1. The van der Waals surface area contributed by atoms with Gasteiger partial charge < -0.3 is 14.6 Å². The molecule has 7 nitrogen and oxygen atoms in total. The number of esters is 1. The van der Waals surface area contributed by atoms with Crippen molar-refractivity contribution in [1.82, 2.24) is 14.9 Å². The van der Waals surface area contributed by atoms with Gasteiger partial charge in [-0.25, -0.2) is 9.37 Å². The number of pyridine rings is 2. The summed E-state index contributed by atoms with van der Waals surface area (Å²) in [5.41, 5.74) is 6.06. The van der Waals surface area contributed by atoms with E-state index in [1.54, 1.807) is 11.5 Å². The number of fused-ring (bicyclic) bond motifs is 5. The minimum absolute atomic E-state index is 0.0363. The first-order chi connectivity index (χ1) is 16.3. The fraction of sp³-hybridized carbons (Fsp3) is 0.385. The number of amides is 1. The Bertz CT molecular complexity index is 1510. The molecule has 0 saturated heterocycles. The summed E-state index contributed by atoms with van der Waals surface area (Å²) in [7, 11) is 0. The van der Waals surface area contributed by atoms with Crippen molar-refractivity contribution in [3.63, 3.8) is 0 Å². The Morgan fingerprint density at radius 3 is 2.79 bits per heavy atom. The lowest BCUT2D eigenvalue weighted by atomic mass is 9.81. The van der Waals surface area contributed by atoms with Crippen LogP contribution in [0, 0.1) is 12.7 Å². The molecule has 0 radical (unpaired) electrons. The van der Waals surface area contributed by atoms with Gasteiger partial charge in [-0.15, -0.1) is 0 Å². The van der Waals surface area contributed by atoms with Gasteiger partial charge in [-0.1, -0.05) is 6.92 Å². The lowest BCUT2D eigenvalue weighted by molar-refractivity contribution is -0.148. The van der Waals surface area contributed by atoms with Crippen LogP contribution >= 0.6 is 0 Å². The van der Waals surface area contributed by atoms with E-state index in [0.717, 1.165) is 22.1 Å². The molecule has 2 aliphatic heterocycles. The first kappa shape index (κ1) is 21.0. The largest absolute Gasteiger partial charge is 0.460 e. The highest BCUT2D eigenvalue weighted by Gasteiger charge is 2.37. The Morgan fingerprint density at radius 2 is 2.06 bits per heavy atom. The van der Waals surface area contributed by atoms with Gasteiger partial charge in [-0.05, 0) is 54.5 Å². The maximum absolute atomic E-state index is 14.8. The summed E-state index contributed by atoms with van der Waals surface area (Å²) in [6.07, 6.45) is 1.80. The van der Waals surface area contributed by atoms with Crippen molar-refractivity contribution < 1.29 is 18.7 Å². The number of cyclic esters (lactones) is 1. The molecule has 2 unspecified atom stereocenters. The summed E-state index contributed by atoms with van der Waals surface area (Å²) in [5, 5.41) is 3.93. The molecule has 1 aliphatic carbocycles. The summed E-state index contributed by atoms with van der Waals surface area (Å²) in [6, 6.07) is 3.08. The van der Waals surface area contributed by atoms with Gasteiger partial charge in [0.1, 0.15) is 12.4 Å². The van der Waals surface area contributed by atoms with E-state index in [1.807, 2.05) is 13.0 Å². The highest BCUT2D eigenvalue weighted by molar-refractivity contribution is 5.93. The van der Waals surface area contributed by atoms with E-state index in [2.05, 4.69) is 5.32 Å². The molecule has 6 rings (SSSR count). The van der Waals surface area contributed by atoms with Crippen LogP contribution in [0.1, 0.15) is 72.0 Å². The number of carbonyl (C=O) groups is 2. The average Bonchev–Trinajstić information content (AvgIpc) is 3.16. The van der Waals surface area contributed by atoms with Gasteiger partial charge >= 0.3 is 5.97 Å². The normalized spacial score (nSPS) is 19.9. The molecule has 3 aliphatic rings. The smallest absolute Gasteiger partial charge is 0.313 e. The van der Waals surface area contributed by atoms with Crippen LogP contribution in [-0.4, -0.2) is 21.4 Å². The van der Waals surface area contributed by atoms with Crippen molar-refractivity contribution in [2.24, 2.45) is 0 Å². The van der Waals surface area contributed by atoms with Gasteiger partial charge in [0, 0.05) is 23.9 Å². The predicted octanol–water partition coefficient (Wildman–Crippen LogP) is 3.55. The number of carbonyl (C=O) groups excluding carboxylic acids is 2. The van der Waals surface area contributed by atoms with Crippen LogP contribution < -0.4 is 10.9 Å². The Labute approximate surface area is 194 Å². The second-order valence-corrected chi connectivity index (χ2v) is 9.42. The number of hydrogen-bond acceptors (Lipinski definition) is 5. The summed E-state index contributed by atoms with van der Waals surface area (Å²) >= 11 is 0. The minimum Gasteiger partial charge on any atom is -0.460 e. The topological polar surface area (TPSA) is 90.3 Å². The Balaban J connectivity index is 1.67. The van der Waals surface area contributed by atoms with Crippen molar-refractivity contribution in [1.29, 1.82) is 0 Å². The van der Waals surface area contributed by atoms with E-state index in [-0.39, 0.29) is 35.9 Å². The average molecular weight is 461 g/mol. The van der Waals surface area contributed by atoms with E-state index in [4.69, 9.17) is 9.72 Å². The molecule has 3 aromatic rings. The van der Waals surface area contributed by atoms with Gasteiger partial charge in [0.15, 0.2) is 0 Å². The van der Waals surface area contributed by atoms with Crippen LogP contribution in [0.25, 0.3) is 22.3 Å². The first-order valence-corrected chi connectivity index (χ1v) is 11.6. The Kier molecular flexibility index (Phi) is 4.46. The number of aromatic nitrogens is 2. The number of halogens is 1. The van der Waals surface area contributed by atoms with Crippen LogP contribution in [0.5, 0.6) is 0 Å². The Hall–Kier alpha value is -3.55. The van der Waals surface area contributed by atoms with Crippen molar-refractivity contribution in [2.45, 2.75) is 65.1 Å². The maximum Gasteiger partial charge on any atom is 0.313 e.